The van der Waals surface area contributed by atoms with Gasteiger partial charge in [-0.05, 0) is 23.1 Å². The molecule has 0 saturated carbocycles. The SMILES string of the molecule is FC(F)(F)[CH]Cc1ccc(-c2ccccc2)cc1. The van der Waals surface area contributed by atoms with Gasteiger partial charge in [0.1, 0.15) is 0 Å². The van der Waals surface area contributed by atoms with Crippen molar-refractivity contribution >= 4 is 0 Å². The molecule has 0 aromatic heterocycles. The molecule has 3 heteroatoms. The van der Waals surface area contributed by atoms with Gasteiger partial charge in [0.05, 0.1) is 6.42 Å². The smallest absolute Gasteiger partial charge is 0.171 e. The van der Waals surface area contributed by atoms with Gasteiger partial charge in [-0.15, -0.1) is 0 Å². The Morgan fingerprint density at radius 3 is 1.89 bits per heavy atom. The van der Waals surface area contributed by atoms with Crippen LogP contribution >= 0.6 is 0 Å². The highest BCUT2D eigenvalue weighted by Gasteiger charge is 2.26. The molecule has 2 aromatic rings. The molecule has 1 radical (unpaired) electrons. The number of hydrogen-bond acceptors (Lipinski definition) is 0. The summed E-state index contributed by atoms with van der Waals surface area (Å²) in [6.07, 6.45) is -3.93. The quantitative estimate of drug-likeness (QED) is 0.742. The lowest BCUT2D eigenvalue weighted by Gasteiger charge is -2.06. The van der Waals surface area contributed by atoms with E-state index < -0.39 is 6.18 Å². The molecule has 0 aliphatic heterocycles. The number of rotatable bonds is 3. The highest BCUT2D eigenvalue weighted by molar-refractivity contribution is 5.63. The average molecular weight is 249 g/mol. The monoisotopic (exact) mass is 249 g/mol. The van der Waals surface area contributed by atoms with Crippen molar-refractivity contribution in [1.29, 1.82) is 0 Å². The zero-order valence-corrected chi connectivity index (χ0v) is 9.61. The van der Waals surface area contributed by atoms with Gasteiger partial charge in [-0.2, -0.15) is 13.2 Å². The Morgan fingerprint density at radius 1 is 0.778 bits per heavy atom. The van der Waals surface area contributed by atoms with Gasteiger partial charge in [-0.3, -0.25) is 0 Å². The maximum atomic E-state index is 12.0. The second-order valence-electron chi connectivity index (χ2n) is 4.01. The van der Waals surface area contributed by atoms with Crippen LogP contribution in [0.5, 0.6) is 0 Å². The van der Waals surface area contributed by atoms with Gasteiger partial charge in [-0.25, -0.2) is 0 Å². The predicted molar refractivity (Wildman–Crippen MR) is 65.9 cm³/mol. The molecule has 2 rings (SSSR count). The van der Waals surface area contributed by atoms with E-state index in [1.54, 1.807) is 12.1 Å². The Balaban J connectivity index is 2.07. The molecular weight excluding hydrogens is 237 g/mol. The standard InChI is InChI=1S/C15H12F3/c16-15(17,18)11-10-12-6-8-14(9-7-12)13-4-2-1-3-5-13/h1-9,11H,10H2. The van der Waals surface area contributed by atoms with Crippen molar-refractivity contribution in [3.8, 4) is 11.1 Å². The third-order valence-electron chi connectivity index (χ3n) is 2.63. The Labute approximate surface area is 104 Å². The van der Waals surface area contributed by atoms with Crippen LogP contribution in [0.3, 0.4) is 0 Å². The van der Waals surface area contributed by atoms with Crippen molar-refractivity contribution in [1.82, 2.24) is 0 Å². The van der Waals surface area contributed by atoms with Gasteiger partial charge in [0.15, 0.2) is 0 Å². The van der Waals surface area contributed by atoms with Gasteiger partial charge < -0.3 is 0 Å². The molecule has 0 nitrogen and oxygen atoms in total. The molecule has 0 bridgehead atoms. The lowest BCUT2D eigenvalue weighted by Crippen LogP contribution is -2.09. The van der Waals surface area contributed by atoms with Crippen LogP contribution in [0.4, 0.5) is 13.2 Å². The van der Waals surface area contributed by atoms with Crippen molar-refractivity contribution < 1.29 is 13.2 Å². The summed E-state index contributed by atoms with van der Waals surface area (Å²) in [6.45, 7) is 0. The Kier molecular flexibility index (Phi) is 3.70. The Bertz CT molecular complexity index is 483. The molecule has 0 amide bonds. The minimum absolute atomic E-state index is 0.0848. The normalized spacial score (nSPS) is 11.5. The van der Waals surface area contributed by atoms with E-state index >= 15 is 0 Å². The predicted octanol–water partition coefficient (Wildman–Crippen LogP) is 4.66. The van der Waals surface area contributed by atoms with Gasteiger partial charge in [-0.1, -0.05) is 54.6 Å². The summed E-state index contributed by atoms with van der Waals surface area (Å²) >= 11 is 0. The summed E-state index contributed by atoms with van der Waals surface area (Å²) in [5, 5.41) is 0. The van der Waals surface area contributed by atoms with Gasteiger partial charge >= 0.3 is 6.18 Å². The first-order valence-corrected chi connectivity index (χ1v) is 5.60. The largest absolute Gasteiger partial charge is 0.392 e. The van der Waals surface area contributed by atoms with Crippen molar-refractivity contribution in [3.63, 3.8) is 0 Å². The van der Waals surface area contributed by atoms with E-state index in [1.165, 1.54) is 0 Å². The molecule has 0 aliphatic carbocycles. The van der Waals surface area contributed by atoms with Crippen LogP contribution in [0.1, 0.15) is 5.56 Å². The maximum absolute atomic E-state index is 12.0. The fourth-order valence-corrected chi connectivity index (χ4v) is 1.70. The van der Waals surface area contributed by atoms with Crippen molar-refractivity contribution in [2.75, 3.05) is 0 Å². The van der Waals surface area contributed by atoms with E-state index in [0.717, 1.165) is 11.1 Å². The summed E-state index contributed by atoms with van der Waals surface area (Å²) in [6, 6.07) is 16.9. The third kappa shape index (κ3) is 3.62. The zero-order valence-electron chi connectivity index (χ0n) is 9.61. The number of benzene rings is 2. The van der Waals surface area contributed by atoms with Gasteiger partial charge in [0, 0.05) is 0 Å². The first kappa shape index (κ1) is 12.7. The molecule has 18 heavy (non-hydrogen) atoms. The number of hydrogen-bond donors (Lipinski definition) is 0. The average Bonchev–Trinajstić information content (AvgIpc) is 2.37. The molecule has 0 spiro atoms. The lowest BCUT2D eigenvalue weighted by molar-refractivity contribution is -0.0973. The Morgan fingerprint density at radius 2 is 1.33 bits per heavy atom. The first-order chi connectivity index (χ1) is 8.54. The molecule has 0 saturated heterocycles. The van der Waals surface area contributed by atoms with Gasteiger partial charge in [0.2, 0.25) is 0 Å². The molecule has 2 aromatic carbocycles. The topological polar surface area (TPSA) is 0 Å². The van der Waals surface area contributed by atoms with Crippen LogP contribution in [0, 0.1) is 6.42 Å². The molecule has 0 fully saturated rings. The van der Waals surface area contributed by atoms with Crippen molar-refractivity contribution in [2.24, 2.45) is 0 Å². The molecule has 93 valence electrons. The van der Waals surface area contributed by atoms with Crippen molar-refractivity contribution in [2.45, 2.75) is 12.6 Å². The Hall–Kier alpha value is -1.77. The summed E-state index contributed by atoms with van der Waals surface area (Å²) in [7, 11) is 0. The second-order valence-corrected chi connectivity index (χ2v) is 4.01. The van der Waals surface area contributed by atoms with E-state index in [4.69, 9.17) is 0 Å². The third-order valence-corrected chi connectivity index (χ3v) is 2.63. The summed E-state index contributed by atoms with van der Waals surface area (Å²) in [4.78, 5) is 0. The van der Waals surface area contributed by atoms with Crippen LogP contribution in [0.15, 0.2) is 54.6 Å². The van der Waals surface area contributed by atoms with E-state index in [0.29, 0.717) is 12.0 Å². The second kappa shape index (κ2) is 5.25. The fourth-order valence-electron chi connectivity index (χ4n) is 1.70. The van der Waals surface area contributed by atoms with E-state index in [2.05, 4.69) is 0 Å². The molecule has 0 N–H and O–H groups in total. The summed E-state index contributed by atoms with van der Waals surface area (Å²) < 4.78 is 36.1. The zero-order chi connectivity index (χ0) is 13.0. The van der Waals surface area contributed by atoms with E-state index in [-0.39, 0.29) is 6.42 Å². The minimum atomic E-state index is -4.21. The lowest BCUT2D eigenvalue weighted by atomic mass is 10.0. The summed E-state index contributed by atoms with van der Waals surface area (Å²) in [5.41, 5.74) is 2.72. The van der Waals surface area contributed by atoms with Crippen LogP contribution in [-0.2, 0) is 6.42 Å². The van der Waals surface area contributed by atoms with Crippen molar-refractivity contribution in [3.05, 3.63) is 66.6 Å². The summed E-state index contributed by atoms with van der Waals surface area (Å²) in [5.74, 6) is 0. The van der Waals surface area contributed by atoms with Gasteiger partial charge in [0.25, 0.3) is 0 Å². The highest BCUT2D eigenvalue weighted by atomic mass is 19.4. The number of halogens is 3. The van der Waals surface area contributed by atoms with Crippen LogP contribution in [-0.4, -0.2) is 6.18 Å². The maximum Gasteiger partial charge on any atom is 0.392 e. The molecule has 0 atom stereocenters. The van der Waals surface area contributed by atoms with Crippen LogP contribution in [0.25, 0.3) is 11.1 Å². The first-order valence-electron chi connectivity index (χ1n) is 5.60. The molecule has 0 unspecified atom stereocenters. The van der Waals surface area contributed by atoms with Crippen LogP contribution < -0.4 is 0 Å². The van der Waals surface area contributed by atoms with E-state index in [9.17, 15) is 13.2 Å². The fraction of sp³-hybridized carbons (Fsp3) is 0.133. The molecular formula is C15H12F3. The minimum Gasteiger partial charge on any atom is -0.171 e. The molecule has 0 aliphatic rings. The molecule has 0 heterocycles. The van der Waals surface area contributed by atoms with E-state index in [1.807, 2.05) is 42.5 Å². The highest BCUT2D eigenvalue weighted by Crippen LogP contribution is 2.23. The van der Waals surface area contributed by atoms with Crippen LogP contribution in [0.2, 0.25) is 0 Å². The number of alkyl halides is 3.